The van der Waals surface area contributed by atoms with Gasteiger partial charge in [0.1, 0.15) is 6.04 Å². The Morgan fingerprint density at radius 3 is 2.47 bits per heavy atom. The third kappa shape index (κ3) is 3.12. The van der Waals surface area contributed by atoms with Crippen molar-refractivity contribution < 1.29 is 14.7 Å². The molecule has 1 aliphatic rings. The molecule has 5 heteroatoms. The molecule has 1 saturated heterocycles. The van der Waals surface area contributed by atoms with Crippen LogP contribution >= 0.6 is 0 Å². The van der Waals surface area contributed by atoms with Gasteiger partial charge in [0, 0.05) is 19.0 Å². The number of amides is 1. The minimum Gasteiger partial charge on any atom is -0.481 e. The molecule has 0 saturated carbocycles. The van der Waals surface area contributed by atoms with Crippen molar-refractivity contribution in [2.45, 2.75) is 19.4 Å². The summed E-state index contributed by atoms with van der Waals surface area (Å²) in [6.07, 6.45) is 0.115. The number of carbonyl (C=O) groups excluding carboxylic acids is 1. The Balaban J connectivity index is 1.91. The molecule has 1 atom stereocenters. The van der Waals surface area contributed by atoms with Gasteiger partial charge in [-0.3, -0.25) is 9.59 Å². The van der Waals surface area contributed by atoms with Crippen molar-refractivity contribution in [3.8, 4) is 0 Å². The monoisotopic (exact) mass is 262 g/mol. The summed E-state index contributed by atoms with van der Waals surface area (Å²) in [5, 5.41) is 8.66. The van der Waals surface area contributed by atoms with Crippen molar-refractivity contribution in [2.24, 2.45) is 11.7 Å². The van der Waals surface area contributed by atoms with Crippen LogP contribution in [0.25, 0.3) is 0 Å². The van der Waals surface area contributed by atoms with Crippen LogP contribution in [-0.2, 0) is 9.59 Å². The van der Waals surface area contributed by atoms with Crippen LogP contribution < -0.4 is 5.73 Å². The van der Waals surface area contributed by atoms with E-state index in [0.717, 1.165) is 11.1 Å². The molecule has 102 valence electrons. The average molecular weight is 262 g/mol. The van der Waals surface area contributed by atoms with Crippen LogP contribution in [-0.4, -0.2) is 35.0 Å². The fourth-order valence-electron chi connectivity index (χ4n) is 2.24. The first kappa shape index (κ1) is 13.5. The number of carboxylic acid groups (broad SMARTS) is 1. The number of nitrogens with zero attached hydrogens (tertiary/aromatic N) is 1. The maximum absolute atomic E-state index is 12.1. The van der Waals surface area contributed by atoms with Gasteiger partial charge in [-0.15, -0.1) is 0 Å². The number of hydrogen-bond acceptors (Lipinski definition) is 3. The Morgan fingerprint density at radius 1 is 1.37 bits per heavy atom. The van der Waals surface area contributed by atoms with Gasteiger partial charge in [-0.05, 0) is 12.5 Å². The molecule has 2 rings (SSSR count). The molecule has 1 unspecified atom stereocenters. The van der Waals surface area contributed by atoms with Crippen molar-refractivity contribution in [1.82, 2.24) is 4.90 Å². The number of aliphatic carboxylic acids is 1. The van der Waals surface area contributed by atoms with E-state index < -0.39 is 12.0 Å². The Labute approximate surface area is 112 Å². The molecule has 0 spiro atoms. The summed E-state index contributed by atoms with van der Waals surface area (Å²) >= 11 is 0. The number of carboxylic acids is 1. The fourth-order valence-corrected chi connectivity index (χ4v) is 2.24. The lowest BCUT2D eigenvalue weighted by Crippen LogP contribution is -2.53. The highest BCUT2D eigenvalue weighted by Crippen LogP contribution is 2.23. The lowest BCUT2D eigenvalue weighted by Gasteiger charge is -2.40. The lowest BCUT2D eigenvalue weighted by atomic mass is 9.94. The molecule has 19 heavy (non-hydrogen) atoms. The van der Waals surface area contributed by atoms with Gasteiger partial charge < -0.3 is 15.7 Å². The van der Waals surface area contributed by atoms with Crippen molar-refractivity contribution in [3.63, 3.8) is 0 Å². The smallest absolute Gasteiger partial charge is 0.303 e. The van der Waals surface area contributed by atoms with Crippen LogP contribution in [0.4, 0.5) is 0 Å². The molecule has 1 aromatic carbocycles. The number of nitrogens with two attached hydrogens (primary N) is 1. The Hall–Kier alpha value is -1.88. The Bertz CT molecular complexity index is 478. The van der Waals surface area contributed by atoms with E-state index in [1.807, 2.05) is 31.2 Å². The molecule has 3 N–H and O–H groups in total. The highest BCUT2D eigenvalue weighted by molar-refractivity contribution is 5.84. The van der Waals surface area contributed by atoms with Gasteiger partial charge in [0.05, 0.1) is 6.42 Å². The minimum atomic E-state index is -0.820. The van der Waals surface area contributed by atoms with Crippen molar-refractivity contribution in [1.29, 1.82) is 0 Å². The average Bonchev–Trinajstić information content (AvgIpc) is 2.32. The van der Waals surface area contributed by atoms with Gasteiger partial charge in [-0.1, -0.05) is 29.8 Å². The summed E-state index contributed by atoms with van der Waals surface area (Å²) in [5.74, 6) is -0.892. The van der Waals surface area contributed by atoms with Crippen molar-refractivity contribution in [3.05, 3.63) is 35.4 Å². The minimum absolute atomic E-state index is 0.0617. The zero-order chi connectivity index (χ0) is 14.0. The first-order chi connectivity index (χ1) is 8.97. The zero-order valence-corrected chi connectivity index (χ0v) is 10.9. The zero-order valence-electron chi connectivity index (χ0n) is 10.9. The van der Waals surface area contributed by atoms with E-state index in [2.05, 4.69) is 0 Å². The molecule has 0 aromatic heterocycles. The number of likely N-dealkylation sites (tertiary alicyclic amines) is 1. The molecule has 1 aromatic rings. The largest absolute Gasteiger partial charge is 0.481 e. The van der Waals surface area contributed by atoms with E-state index in [4.69, 9.17) is 10.8 Å². The highest BCUT2D eigenvalue weighted by Gasteiger charge is 2.34. The van der Waals surface area contributed by atoms with E-state index in [-0.39, 0.29) is 18.2 Å². The van der Waals surface area contributed by atoms with E-state index >= 15 is 0 Å². The summed E-state index contributed by atoms with van der Waals surface area (Å²) < 4.78 is 0. The van der Waals surface area contributed by atoms with Crippen LogP contribution in [0.2, 0.25) is 0 Å². The normalized spacial score (nSPS) is 16.8. The molecule has 0 bridgehead atoms. The molecule has 1 aliphatic heterocycles. The van der Waals surface area contributed by atoms with Gasteiger partial charge in [0.25, 0.3) is 0 Å². The third-order valence-electron chi connectivity index (χ3n) is 3.43. The van der Waals surface area contributed by atoms with Gasteiger partial charge in [0.15, 0.2) is 0 Å². The molecule has 5 nitrogen and oxygen atoms in total. The second-order valence-corrected chi connectivity index (χ2v) is 5.10. The topological polar surface area (TPSA) is 83.6 Å². The van der Waals surface area contributed by atoms with Crippen LogP contribution in [0.15, 0.2) is 24.3 Å². The van der Waals surface area contributed by atoms with E-state index in [9.17, 15) is 9.59 Å². The maximum Gasteiger partial charge on any atom is 0.303 e. The molecular formula is C14H18N2O3. The van der Waals surface area contributed by atoms with E-state index in [1.165, 1.54) is 0 Å². The van der Waals surface area contributed by atoms with Gasteiger partial charge in [-0.25, -0.2) is 0 Å². The summed E-state index contributed by atoms with van der Waals surface area (Å²) in [5.41, 5.74) is 7.85. The number of benzene rings is 1. The predicted molar refractivity (Wildman–Crippen MR) is 70.4 cm³/mol. The molecule has 0 aliphatic carbocycles. The van der Waals surface area contributed by atoms with Crippen LogP contribution in [0.1, 0.15) is 23.6 Å². The quantitative estimate of drug-likeness (QED) is 0.845. The summed E-state index contributed by atoms with van der Waals surface area (Å²) in [6.45, 7) is 2.96. The van der Waals surface area contributed by atoms with Crippen LogP contribution in [0, 0.1) is 12.8 Å². The Kier molecular flexibility index (Phi) is 3.85. The molecule has 0 radical (unpaired) electrons. The first-order valence-corrected chi connectivity index (χ1v) is 6.30. The second-order valence-electron chi connectivity index (χ2n) is 5.10. The molecule has 1 heterocycles. The standard InChI is InChI=1S/C14H18N2O3/c1-9-2-4-11(5-3-9)13(15)14(19)16-7-10(8-16)6-12(17)18/h2-5,10,13H,6-8,15H2,1H3,(H,17,18). The number of hydrogen-bond donors (Lipinski definition) is 2. The SMILES string of the molecule is Cc1ccc(C(N)C(=O)N2CC(CC(=O)O)C2)cc1. The highest BCUT2D eigenvalue weighted by atomic mass is 16.4. The molecular weight excluding hydrogens is 244 g/mol. The lowest BCUT2D eigenvalue weighted by molar-refractivity contribution is -0.145. The first-order valence-electron chi connectivity index (χ1n) is 6.30. The van der Waals surface area contributed by atoms with Crippen molar-refractivity contribution in [2.75, 3.05) is 13.1 Å². The predicted octanol–water partition coefficient (Wildman–Crippen LogP) is 0.928. The second kappa shape index (κ2) is 5.40. The van der Waals surface area contributed by atoms with Crippen LogP contribution in [0.5, 0.6) is 0 Å². The van der Waals surface area contributed by atoms with E-state index in [0.29, 0.717) is 13.1 Å². The maximum atomic E-state index is 12.1. The summed E-state index contributed by atoms with van der Waals surface area (Å²) in [6, 6.07) is 6.89. The number of carbonyl (C=O) groups is 2. The summed E-state index contributed by atoms with van der Waals surface area (Å²) in [4.78, 5) is 24.3. The molecule has 1 amide bonds. The Morgan fingerprint density at radius 2 is 1.95 bits per heavy atom. The third-order valence-corrected chi connectivity index (χ3v) is 3.43. The van der Waals surface area contributed by atoms with Gasteiger partial charge >= 0.3 is 5.97 Å². The van der Waals surface area contributed by atoms with Crippen molar-refractivity contribution >= 4 is 11.9 Å². The van der Waals surface area contributed by atoms with Gasteiger partial charge in [0.2, 0.25) is 5.91 Å². The molecule has 1 fully saturated rings. The van der Waals surface area contributed by atoms with Crippen LogP contribution in [0.3, 0.4) is 0 Å². The fraction of sp³-hybridized carbons (Fsp3) is 0.429. The van der Waals surface area contributed by atoms with Gasteiger partial charge in [-0.2, -0.15) is 0 Å². The summed E-state index contributed by atoms with van der Waals surface area (Å²) in [7, 11) is 0. The number of aryl methyl sites for hydroxylation is 1. The van der Waals surface area contributed by atoms with E-state index in [1.54, 1.807) is 4.90 Å². The number of rotatable bonds is 4.